The maximum absolute atomic E-state index is 13.0. The van der Waals surface area contributed by atoms with E-state index in [2.05, 4.69) is 23.2 Å². The zero-order chi connectivity index (χ0) is 28.5. The fourth-order valence-corrected chi connectivity index (χ4v) is 5.65. The van der Waals surface area contributed by atoms with Crippen LogP contribution in [0.3, 0.4) is 0 Å². The van der Waals surface area contributed by atoms with Crippen molar-refractivity contribution in [1.29, 1.82) is 0 Å². The van der Waals surface area contributed by atoms with Gasteiger partial charge in [-0.3, -0.25) is 9.59 Å². The van der Waals surface area contributed by atoms with Gasteiger partial charge >= 0.3 is 0 Å². The number of hydrogen-bond acceptors (Lipinski definition) is 6. The Morgan fingerprint density at radius 1 is 1.25 bits per heavy atom. The maximum atomic E-state index is 13.0. The first-order valence-corrected chi connectivity index (χ1v) is 14.7. The quantitative estimate of drug-likeness (QED) is 0.228. The lowest BCUT2D eigenvalue weighted by molar-refractivity contribution is -0.121. The van der Waals surface area contributed by atoms with Crippen molar-refractivity contribution in [3.8, 4) is 5.75 Å². The summed E-state index contributed by atoms with van der Waals surface area (Å²) in [5, 5.41) is 3.31. The molecule has 1 N–H and O–H groups in total. The van der Waals surface area contributed by atoms with E-state index < -0.39 is 6.04 Å². The largest absolute Gasteiger partial charge is 0.493 e. The Labute approximate surface area is 241 Å². The summed E-state index contributed by atoms with van der Waals surface area (Å²) in [5.41, 5.74) is 3.85. The SMILES string of the molecule is CCN(CCCCCOc1cccc2c1CN(C(C=O)CCC(=O)NC)C2=O)CC[C@@H]1OCc2ccc(Cl)cc21. The van der Waals surface area contributed by atoms with E-state index in [1.165, 1.54) is 16.0 Å². The Balaban J connectivity index is 1.18. The zero-order valence-corrected chi connectivity index (χ0v) is 24.3. The number of aldehydes is 1. The van der Waals surface area contributed by atoms with Crippen LogP contribution in [0.2, 0.25) is 5.02 Å². The molecule has 4 rings (SSSR count). The van der Waals surface area contributed by atoms with Gasteiger partial charge in [-0.1, -0.05) is 30.7 Å². The lowest BCUT2D eigenvalue weighted by Gasteiger charge is -2.23. The van der Waals surface area contributed by atoms with Crippen LogP contribution < -0.4 is 10.1 Å². The molecule has 0 radical (unpaired) electrons. The molecule has 0 bridgehead atoms. The molecule has 2 amide bonds. The number of amides is 2. The van der Waals surface area contributed by atoms with Crippen LogP contribution in [0.25, 0.3) is 0 Å². The third kappa shape index (κ3) is 7.42. The summed E-state index contributed by atoms with van der Waals surface area (Å²) in [5.74, 6) is 0.348. The van der Waals surface area contributed by atoms with Crippen molar-refractivity contribution < 1.29 is 23.9 Å². The molecule has 0 saturated heterocycles. The molecule has 40 heavy (non-hydrogen) atoms. The van der Waals surface area contributed by atoms with E-state index in [1.54, 1.807) is 13.1 Å². The maximum Gasteiger partial charge on any atom is 0.255 e. The molecular formula is C31H40ClN3O5. The van der Waals surface area contributed by atoms with Gasteiger partial charge in [0, 0.05) is 36.2 Å². The third-order valence-electron chi connectivity index (χ3n) is 7.88. The van der Waals surface area contributed by atoms with E-state index in [4.69, 9.17) is 21.1 Å². The number of hydrogen-bond donors (Lipinski definition) is 1. The number of unbranched alkanes of at least 4 members (excludes halogenated alkanes) is 2. The molecule has 2 aromatic rings. The first kappa shape index (κ1) is 30.0. The highest BCUT2D eigenvalue weighted by Gasteiger charge is 2.34. The van der Waals surface area contributed by atoms with Crippen LogP contribution in [-0.4, -0.2) is 67.2 Å². The highest BCUT2D eigenvalue weighted by atomic mass is 35.5. The normalized spacial score (nSPS) is 16.6. The van der Waals surface area contributed by atoms with E-state index in [0.29, 0.717) is 37.5 Å². The molecule has 2 atom stereocenters. The number of carbonyl (C=O) groups excluding carboxylic acids is 3. The summed E-state index contributed by atoms with van der Waals surface area (Å²) in [4.78, 5) is 40.3. The average molecular weight is 570 g/mol. The number of carbonyl (C=O) groups is 3. The van der Waals surface area contributed by atoms with Gasteiger partial charge in [0.25, 0.3) is 5.91 Å². The number of fused-ring (bicyclic) bond motifs is 2. The minimum absolute atomic E-state index is 0.115. The first-order chi connectivity index (χ1) is 19.4. The van der Waals surface area contributed by atoms with Crippen LogP contribution in [-0.2, 0) is 27.5 Å². The lowest BCUT2D eigenvalue weighted by atomic mass is 10.0. The zero-order valence-electron chi connectivity index (χ0n) is 23.5. The Bertz CT molecular complexity index is 1190. The van der Waals surface area contributed by atoms with Crippen molar-refractivity contribution in [3.63, 3.8) is 0 Å². The Kier molecular flexibility index (Phi) is 11.0. The Morgan fingerprint density at radius 3 is 2.88 bits per heavy atom. The van der Waals surface area contributed by atoms with E-state index in [0.717, 1.165) is 62.2 Å². The smallest absolute Gasteiger partial charge is 0.255 e. The number of halogens is 1. The first-order valence-electron chi connectivity index (χ1n) is 14.3. The topological polar surface area (TPSA) is 88.2 Å². The fraction of sp³-hybridized carbons (Fsp3) is 0.516. The Morgan fingerprint density at radius 2 is 2.10 bits per heavy atom. The van der Waals surface area contributed by atoms with Crippen molar-refractivity contribution in [2.24, 2.45) is 0 Å². The molecule has 8 nitrogen and oxygen atoms in total. The highest BCUT2D eigenvalue weighted by molar-refractivity contribution is 6.30. The lowest BCUT2D eigenvalue weighted by Crippen LogP contribution is -2.37. The van der Waals surface area contributed by atoms with Gasteiger partial charge in [-0.25, -0.2) is 0 Å². The van der Waals surface area contributed by atoms with Crippen molar-refractivity contribution >= 4 is 29.7 Å². The van der Waals surface area contributed by atoms with E-state index in [1.807, 2.05) is 24.3 Å². The van der Waals surface area contributed by atoms with Crippen molar-refractivity contribution in [1.82, 2.24) is 15.1 Å². The monoisotopic (exact) mass is 569 g/mol. The second-order valence-corrected chi connectivity index (χ2v) is 10.8. The number of benzene rings is 2. The van der Waals surface area contributed by atoms with Crippen LogP contribution in [0.15, 0.2) is 36.4 Å². The fourth-order valence-electron chi connectivity index (χ4n) is 5.47. The van der Waals surface area contributed by atoms with Gasteiger partial charge in [-0.05, 0) is 80.6 Å². The summed E-state index contributed by atoms with van der Waals surface area (Å²) < 4.78 is 12.1. The molecule has 2 aliphatic rings. The van der Waals surface area contributed by atoms with E-state index in [-0.39, 0.29) is 24.3 Å². The molecule has 9 heteroatoms. The van der Waals surface area contributed by atoms with Gasteiger partial charge < -0.3 is 29.4 Å². The summed E-state index contributed by atoms with van der Waals surface area (Å²) in [6, 6.07) is 10.9. The number of nitrogens with zero attached hydrogens (tertiary/aromatic N) is 2. The van der Waals surface area contributed by atoms with Crippen molar-refractivity contribution in [3.05, 3.63) is 63.7 Å². The number of rotatable bonds is 16. The van der Waals surface area contributed by atoms with E-state index in [9.17, 15) is 14.4 Å². The molecule has 0 aromatic heterocycles. The van der Waals surface area contributed by atoms with Crippen molar-refractivity contribution in [2.75, 3.05) is 33.3 Å². The molecule has 2 heterocycles. The predicted octanol–water partition coefficient (Wildman–Crippen LogP) is 4.92. The van der Waals surface area contributed by atoms with Crippen LogP contribution >= 0.6 is 11.6 Å². The van der Waals surface area contributed by atoms with Crippen LogP contribution in [0.5, 0.6) is 5.75 Å². The van der Waals surface area contributed by atoms with Gasteiger partial charge in [0.2, 0.25) is 5.91 Å². The molecule has 2 aromatic carbocycles. The third-order valence-corrected chi connectivity index (χ3v) is 8.12. The van der Waals surface area contributed by atoms with Gasteiger partial charge in [0.1, 0.15) is 12.0 Å². The molecule has 216 valence electrons. The van der Waals surface area contributed by atoms with Crippen molar-refractivity contribution in [2.45, 2.75) is 70.7 Å². The summed E-state index contributed by atoms with van der Waals surface area (Å²) in [6.07, 6.45) is 5.35. The van der Waals surface area contributed by atoms with Crippen LogP contribution in [0.1, 0.15) is 78.6 Å². The summed E-state index contributed by atoms with van der Waals surface area (Å²) in [6.45, 7) is 6.74. The standard InChI is InChI=1S/C31H40ClN3O5/c1-3-34(16-14-29-26-18-23(32)11-10-22(26)21-40-29)15-5-4-6-17-39-28-9-7-8-25-27(28)19-35(31(25)38)24(20-36)12-13-30(37)33-2/h7-11,18,20,24,29H,3-6,12-17,19,21H2,1-2H3,(H,33,37)/t24?,29-/m0/s1. The minimum atomic E-state index is -0.640. The van der Waals surface area contributed by atoms with Gasteiger partial charge in [-0.15, -0.1) is 0 Å². The minimum Gasteiger partial charge on any atom is -0.493 e. The molecule has 0 fully saturated rings. The van der Waals surface area contributed by atoms with Gasteiger partial charge in [0.05, 0.1) is 31.9 Å². The second kappa shape index (κ2) is 14.6. The van der Waals surface area contributed by atoms with E-state index >= 15 is 0 Å². The highest BCUT2D eigenvalue weighted by Crippen LogP contribution is 2.35. The Hall–Kier alpha value is -2.94. The average Bonchev–Trinajstić information content (AvgIpc) is 3.53. The number of nitrogens with one attached hydrogen (secondary N) is 1. The molecule has 0 spiro atoms. The second-order valence-electron chi connectivity index (χ2n) is 10.4. The number of ether oxygens (including phenoxy) is 2. The summed E-state index contributed by atoms with van der Waals surface area (Å²) >= 11 is 6.19. The van der Waals surface area contributed by atoms with Gasteiger partial charge in [-0.2, -0.15) is 0 Å². The molecular weight excluding hydrogens is 530 g/mol. The van der Waals surface area contributed by atoms with Crippen LogP contribution in [0, 0.1) is 0 Å². The molecule has 0 saturated carbocycles. The molecule has 1 unspecified atom stereocenters. The summed E-state index contributed by atoms with van der Waals surface area (Å²) in [7, 11) is 1.56. The predicted molar refractivity (Wildman–Crippen MR) is 155 cm³/mol. The molecule has 2 aliphatic heterocycles. The van der Waals surface area contributed by atoms with Crippen LogP contribution in [0.4, 0.5) is 0 Å². The van der Waals surface area contributed by atoms with Gasteiger partial charge in [0.15, 0.2) is 0 Å². The molecule has 0 aliphatic carbocycles.